The van der Waals surface area contributed by atoms with E-state index in [-0.39, 0.29) is 18.8 Å². The molecule has 0 aliphatic carbocycles. The summed E-state index contributed by atoms with van der Waals surface area (Å²) in [6, 6.07) is 2.61. The van der Waals surface area contributed by atoms with Gasteiger partial charge in [-0.05, 0) is 40.5 Å². The molecule has 1 aromatic rings. The number of carbonyl (C=O) groups is 1. The molecule has 0 spiro atoms. The Morgan fingerprint density at radius 2 is 2.17 bits per heavy atom. The highest BCUT2D eigenvalue weighted by atomic mass is 79.9. The highest BCUT2D eigenvalue weighted by molar-refractivity contribution is 9.10. The van der Waals surface area contributed by atoms with Crippen LogP contribution in [0.3, 0.4) is 0 Å². The first-order valence-corrected chi connectivity index (χ1v) is 5.91. The molecule has 0 amide bonds. The van der Waals surface area contributed by atoms with E-state index in [0.29, 0.717) is 15.7 Å². The Labute approximate surface area is 111 Å². The van der Waals surface area contributed by atoms with Gasteiger partial charge in [0.2, 0.25) is 0 Å². The number of benzene rings is 1. The van der Waals surface area contributed by atoms with Crippen LogP contribution in [0.1, 0.15) is 12.5 Å². The molecule has 0 aliphatic rings. The number of halogens is 3. The van der Waals surface area contributed by atoms with Crippen LogP contribution in [-0.2, 0) is 16.0 Å². The predicted molar refractivity (Wildman–Crippen MR) is 65.5 cm³/mol. The fourth-order valence-electron chi connectivity index (χ4n) is 1.33. The van der Waals surface area contributed by atoms with Crippen LogP contribution in [0.25, 0.3) is 0 Å². The van der Waals surface area contributed by atoms with Crippen molar-refractivity contribution in [2.45, 2.75) is 20.0 Å². The summed E-state index contributed by atoms with van der Waals surface area (Å²) in [5.41, 5.74) is 6.40. The zero-order chi connectivity index (χ0) is 13.7. The average molecular weight is 324 g/mol. The van der Waals surface area contributed by atoms with Crippen molar-refractivity contribution in [3.05, 3.63) is 22.2 Å². The number of hydrogen-bond acceptors (Lipinski definition) is 4. The van der Waals surface area contributed by atoms with E-state index in [0.717, 1.165) is 0 Å². The van der Waals surface area contributed by atoms with Crippen molar-refractivity contribution in [2.24, 2.45) is 0 Å². The first kappa shape index (κ1) is 14.7. The number of hydrogen-bond donors (Lipinski definition) is 1. The maximum Gasteiger partial charge on any atom is 0.387 e. The molecule has 0 aliphatic heterocycles. The van der Waals surface area contributed by atoms with Gasteiger partial charge in [-0.2, -0.15) is 8.78 Å². The molecule has 100 valence electrons. The van der Waals surface area contributed by atoms with Crippen molar-refractivity contribution in [3.8, 4) is 5.75 Å². The van der Waals surface area contributed by atoms with E-state index in [2.05, 4.69) is 20.7 Å². The Morgan fingerprint density at radius 1 is 1.50 bits per heavy atom. The lowest BCUT2D eigenvalue weighted by molar-refractivity contribution is -0.142. The third-order valence-electron chi connectivity index (χ3n) is 2.05. The summed E-state index contributed by atoms with van der Waals surface area (Å²) in [6.07, 6.45) is -0.0985. The molecule has 0 radical (unpaired) electrons. The van der Waals surface area contributed by atoms with Crippen LogP contribution in [-0.4, -0.2) is 19.2 Å². The number of carbonyl (C=O) groups excluding carboxylic acids is 1. The zero-order valence-corrected chi connectivity index (χ0v) is 11.2. The van der Waals surface area contributed by atoms with E-state index >= 15 is 0 Å². The summed E-state index contributed by atoms with van der Waals surface area (Å²) in [6.45, 7) is -1.02. The van der Waals surface area contributed by atoms with Crippen LogP contribution in [0.5, 0.6) is 5.75 Å². The molecule has 0 saturated carbocycles. The standard InChI is InChI=1S/C11H12BrF2NO3/c1-2-17-9(16)4-6-3-7(18-11(13)14)5-8(12)10(6)15/h3,5,11H,2,4,15H2,1H3. The quantitative estimate of drug-likeness (QED) is 0.668. The Hall–Kier alpha value is -1.37. The lowest BCUT2D eigenvalue weighted by Gasteiger charge is -2.11. The van der Waals surface area contributed by atoms with E-state index in [1.165, 1.54) is 12.1 Å². The fraction of sp³-hybridized carbons (Fsp3) is 0.364. The summed E-state index contributed by atoms with van der Waals surface area (Å²) >= 11 is 3.11. The molecule has 0 fully saturated rings. The molecule has 4 nitrogen and oxygen atoms in total. The second kappa shape index (κ2) is 6.53. The van der Waals surface area contributed by atoms with Crippen LogP contribution < -0.4 is 10.5 Å². The minimum atomic E-state index is -2.93. The molecule has 0 bridgehead atoms. The van der Waals surface area contributed by atoms with Crippen molar-refractivity contribution < 1.29 is 23.0 Å². The summed E-state index contributed by atoms with van der Waals surface area (Å²) in [4.78, 5) is 11.3. The van der Waals surface area contributed by atoms with Gasteiger partial charge in [0.15, 0.2) is 0 Å². The Balaban J connectivity index is 2.95. The number of esters is 1. The summed E-state index contributed by atoms with van der Waals surface area (Å²) in [5.74, 6) is -0.546. The van der Waals surface area contributed by atoms with E-state index < -0.39 is 12.6 Å². The van der Waals surface area contributed by atoms with Crippen molar-refractivity contribution in [3.63, 3.8) is 0 Å². The van der Waals surface area contributed by atoms with Crippen molar-refractivity contribution in [1.82, 2.24) is 0 Å². The van der Waals surface area contributed by atoms with Gasteiger partial charge in [-0.15, -0.1) is 0 Å². The summed E-state index contributed by atoms with van der Waals surface area (Å²) in [5, 5.41) is 0. The number of rotatable bonds is 5. The Kier molecular flexibility index (Phi) is 5.33. The van der Waals surface area contributed by atoms with Crippen molar-refractivity contribution >= 4 is 27.6 Å². The lowest BCUT2D eigenvalue weighted by atomic mass is 10.1. The van der Waals surface area contributed by atoms with Crippen LogP contribution in [0, 0.1) is 0 Å². The first-order chi connectivity index (χ1) is 8.43. The first-order valence-electron chi connectivity index (χ1n) is 5.12. The molecule has 18 heavy (non-hydrogen) atoms. The molecule has 0 aromatic heterocycles. The van der Waals surface area contributed by atoms with Crippen LogP contribution in [0.2, 0.25) is 0 Å². The third-order valence-corrected chi connectivity index (χ3v) is 2.71. The number of nitrogen functional groups attached to an aromatic ring is 1. The average Bonchev–Trinajstić information content (AvgIpc) is 2.24. The molecule has 0 heterocycles. The second-order valence-electron chi connectivity index (χ2n) is 3.34. The number of alkyl halides is 2. The van der Waals surface area contributed by atoms with Crippen LogP contribution in [0.4, 0.5) is 14.5 Å². The molecular weight excluding hydrogens is 312 g/mol. The predicted octanol–water partition coefficient (Wildman–Crippen LogP) is 2.74. The molecule has 0 unspecified atom stereocenters. The Bertz CT molecular complexity index is 441. The van der Waals surface area contributed by atoms with Gasteiger partial charge in [-0.1, -0.05) is 0 Å². The topological polar surface area (TPSA) is 61.5 Å². The van der Waals surface area contributed by atoms with E-state index in [1.807, 2.05) is 0 Å². The van der Waals surface area contributed by atoms with Crippen LogP contribution >= 0.6 is 15.9 Å². The molecule has 0 saturated heterocycles. The largest absolute Gasteiger partial charge is 0.466 e. The maximum atomic E-state index is 12.1. The highest BCUT2D eigenvalue weighted by Crippen LogP contribution is 2.30. The molecule has 1 rings (SSSR count). The molecule has 7 heteroatoms. The van der Waals surface area contributed by atoms with Gasteiger partial charge in [0.05, 0.1) is 13.0 Å². The van der Waals surface area contributed by atoms with Gasteiger partial charge in [0.25, 0.3) is 0 Å². The number of anilines is 1. The van der Waals surface area contributed by atoms with E-state index in [1.54, 1.807) is 6.92 Å². The number of ether oxygens (including phenoxy) is 2. The van der Waals surface area contributed by atoms with Gasteiger partial charge in [0.1, 0.15) is 5.75 Å². The summed E-state index contributed by atoms with van der Waals surface area (Å²) < 4.78 is 33.6. The van der Waals surface area contributed by atoms with Gasteiger partial charge in [0, 0.05) is 10.2 Å². The van der Waals surface area contributed by atoms with E-state index in [9.17, 15) is 13.6 Å². The minimum absolute atomic E-state index is 0.0645. The minimum Gasteiger partial charge on any atom is -0.466 e. The Morgan fingerprint density at radius 3 is 2.72 bits per heavy atom. The zero-order valence-electron chi connectivity index (χ0n) is 9.58. The SMILES string of the molecule is CCOC(=O)Cc1cc(OC(F)F)cc(Br)c1N. The summed E-state index contributed by atoms with van der Waals surface area (Å²) in [7, 11) is 0. The monoisotopic (exact) mass is 323 g/mol. The van der Waals surface area contributed by atoms with Gasteiger partial charge in [-0.3, -0.25) is 4.79 Å². The normalized spacial score (nSPS) is 10.5. The fourth-order valence-corrected chi connectivity index (χ4v) is 1.81. The molecular formula is C11H12BrF2NO3. The number of nitrogens with two attached hydrogens (primary N) is 1. The molecule has 0 atom stereocenters. The van der Waals surface area contributed by atoms with E-state index in [4.69, 9.17) is 10.5 Å². The van der Waals surface area contributed by atoms with Crippen molar-refractivity contribution in [2.75, 3.05) is 12.3 Å². The highest BCUT2D eigenvalue weighted by Gasteiger charge is 2.14. The second-order valence-corrected chi connectivity index (χ2v) is 4.19. The van der Waals surface area contributed by atoms with Gasteiger partial charge >= 0.3 is 12.6 Å². The molecule has 2 N–H and O–H groups in total. The van der Waals surface area contributed by atoms with Crippen molar-refractivity contribution in [1.29, 1.82) is 0 Å². The maximum absolute atomic E-state index is 12.1. The van der Waals surface area contributed by atoms with Gasteiger partial charge < -0.3 is 15.2 Å². The third kappa shape index (κ3) is 4.14. The van der Waals surface area contributed by atoms with Crippen LogP contribution in [0.15, 0.2) is 16.6 Å². The van der Waals surface area contributed by atoms with Gasteiger partial charge in [-0.25, -0.2) is 0 Å². The molecule has 1 aromatic carbocycles. The lowest BCUT2D eigenvalue weighted by Crippen LogP contribution is -2.10. The smallest absolute Gasteiger partial charge is 0.387 e.